The Hall–Kier alpha value is -3.37. The molecule has 0 spiro atoms. The number of nitrogens with zero attached hydrogens (tertiary/aromatic N) is 5. The molecule has 0 radical (unpaired) electrons. The first-order valence-electron chi connectivity index (χ1n) is 11.0. The largest absolute Gasteiger partial charge is 0.438 e. The Morgan fingerprint density at radius 1 is 1.12 bits per heavy atom. The van der Waals surface area contributed by atoms with Gasteiger partial charge in [-0.15, -0.1) is 0 Å². The van der Waals surface area contributed by atoms with Gasteiger partial charge in [-0.25, -0.2) is 22.8 Å². The van der Waals surface area contributed by atoms with Gasteiger partial charge in [0.15, 0.2) is 9.84 Å². The minimum atomic E-state index is -3.03. The van der Waals surface area contributed by atoms with Gasteiger partial charge in [0.05, 0.1) is 28.6 Å². The number of hydrogen-bond donors (Lipinski definition) is 0. The normalized spacial score (nSPS) is 18.7. The third-order valence-corrected chi connectivity index (χ3v) is 8.21. The molecule has 3 aromatic heterocycles. The zero-order chi connectivity index (χ0) is 23.4. The molecule has 2 aliphatic heterocycles. The van der Waals surface area contributed by atoms with Crippen LogP contribution < -0.4 is 0 Å². The first-order chi connectivity index (χ1) is 16.4. The Kier molecular flexibility index (Phi) is 4.89. The molecule has 6 rings (SSSR count). The number of hydrogen-bond acceptors (Lipinski definition) is 7. The van der Waals surface area contributed by atoms with Crippen LogP contribution in [0.15, 0.2) is 53.3 Å². The average molecular weight is 480 g/mol. The van der Waals surface area contributed by atoms with E-state index in [0.717, 1.165) is 36.2 Å². The van der Waals surface area contributed by atoms with Crippen LogP contribution in [-0.2, 0) is 9.84 Å². The molecule has 4 aromatic rings. The van der Waals surface area contributed by atoms with E-state index in [1.165, 1.54) is 18.5 Å². The lowest BCUT2D eigenvalue weighted by Crippen LogP contribution is -2.38. The Bertz CT molecular complexity index is 1530. The topological polar surface area (TPSA) is 94.1 Å². The lowest BCUT2D eigenvalue weighted by atomic mass is 10.0. The number of rotatable bonds is 4. The lowest BCUT2D eigenvalue weighted by Gasteiger charge is -2.25. The smallest absolute Gasteiger partial charge is 0.230 e. The zero-order valence-electron chi connectivity index (χ0n) is 18.5. The van der Waals surface area contributed by atoms with E-state index in [2.05, 4.69) is 28.0 Å². The highest BCUT2D eigenvalue weighted by Crippen LogP contribution is 2.38. The van der Waals surface area contributed by atoms with Crippen molar-refractivity contribution >= 4 is 26.5 Å². The van der Waals surface area contributed by atoms with Crippen molar-refractivity contribution in [2.45, 2.75) is 12.5 Å². The first-order valence-corrected chi connectivity index (χ1v) is 12.9. The highest BCUT2D eigenvalue weighted by molar-refractivity contribution is 7.92. The molecule has 1 saturated heterocycles. The van der Waals surface area contributed by atoms with E-state index >= 15 is 0 Å². The van der Waals surface area contributed by atoms with Gasteiger partial charge in [0.2, 0.25) is 5.71 Å². The summed E-state index contributed by atoms with van der Waals surface area (Å²) in [5.41, 5.74) is 4.28. The van der Waals surface area contributed by atoms with Crippen LogP contribution in [0.3, 0.4) is 0 Å². The highest BCUT2D eigenvalue weighted by atomic mass is 32.2. The van der Waals surface area contributed by atoms with Gasteiger partial charge < -0.3 is 9.32 Å². The molecule has 10 heteroatoms. The van der Waals surface area contributed by atoms with E-state index in [-0.39, 0.29) is 23.4 Å². The van der Waals surface area contributed by atoms with Gasteiger partial charge in [-0.2, -0.15) is 5.10 Å². The number of benzene rings is 1. The van der Waals surface area contributed by atoms with Crippen molar-refractivity contribution in [2.75, 3.05) is 31.6 Å². The summed E-state index contributed by atoms with van der Waals surface area (Å²) in [6, 6.07) is 7.80. The predicted octanol–water partition coefficient (Wildman–Crippen LogP) is 3.58. The Balaban J connectivity index is 1.48. The third kappa shape index (κ3) is 3.72. The summed E-state index contributed by atoms with van der Waals surface area (Å²) in [6.45, 7) is 1.81. The Labute approximate surface area is 195 Å². The van der Waals surface area contributed by atoms with Gasteiger partial charge in [-0.05, 0) is 49.4 Å². The van der Waals surface area contributed by atoms with Gasteiger partial charge in [0, 0.05) is 30.4 Å². The van der Waals surface area contributed by atoms with E-state index < -0.39 is 9.84 Å². The minimum absolute atomic E-state index is 0.0502. The molecule has 0 saturated carbocycles. The van der Waals surface area contributed by atoms with E-state index in [1.807, 2.05) is 12.3 Å². The fourth-order valence-corrected chi connectivity index (χ4v) is 5.87. The van der Waals surface area contributed by atoms with E-state index in [1.54, 1.807) is 16.8 Å². The molecule has 0 amide bonds. The summed E-state index contributed by atoms with van der Waals surface area (Å²) in [4.78, 5) is 11.1. The highest BCUT2D eigenvalue weighted by Gasteiger charge is 2.36. The van der Waals surface area contributed by atoms with Crippen molar-refractivity contribution < 1.29 is 17.2 Å². The summed E-state index contributed by atoms with van der Waals surface area (Å²) in [6.07, 6.45) is 6.32. The van der Waals surface area contributed by atoms with Crippen LogP contribution in [0.4, 0.5) is 4.39 Å². The van der Waals surface area contributed by atoms with Crippen LogP contribution in [0.25, 0.3) is 39.2 Å². The standard InChI is InChI=1S/C24H22FN5O3S/c1-29-8-6-15(7-9-29)21-10-19-23(26-14-27-24(19)33-21)20-11-30(18-12-34(31,32)13-18)28-22(20)16-2-4-17(25)5-3-16/h2-6,10-11,14,18H,7-9,12-13H2,1H3. The molecule has 0 atom stereocenters. The molecule has 0 unspecified atom stereocenters. The van der Waals surface area contributed by atoms with Crippen LogP contribution in [-0.4, -0.2) is 64.7 Å². The second-order valence-corrected chi connectivity index (χ2v) is 11.1. The summed E-state index contributed by atoms with van der Waals surface area (Å²) in [5.74, 6) is 0.527. The van der Waals surface area contributed by atoms with Crippen molar-refractivity contribution in [2.24, 2.45) is 0 Å². The average Bonchev–Trinajstić information content (AvgIpc) is 3.43. The van der Waals surface area contributed by atoms with Gasteiger partial charge in [0.1, 0.15) is 23.6 Å². The molecule has 5 heterocycles. The molecular formula is C24H22FN5O3S. The third-order valence-electron chi connectivity index (χ3n) is 6.43. The SMILES string of the molecule is CN1CC=C(c2cc3c(-c4cn(C5CS(=O)(=O)C5)nc4-c4ccc(F)cc4)ncnc3o2)CC1. The van der Waals surface area contributed by atoms with Gasteiger partial charge in [-0.1, -0.05) is 6.08 Å². The van der Waals surface area contributed by atoms with E-state index in [4.69, 9.17) is 9.52 Å². The minimum Gasteiger partial charge on any atom is -0.438 e. The van der Waals surface area contributed by atoms with Crippen LogP contribution >= 0.6 is 0 Å². The van der Waals surface area contributed by atoms with Gasteiger partial charge in [-0.3, -0.25) is 4.68 Å². The fourth-order valence-electron chi connectivity index (χ4n) is 4.49. The van der Waals surface area contributed by atoms with Crippen molar-refractivity contribution in [1.82, 2.24) is 24.6 Å². The molecule has 0 aliphatic carbocycles. The zero-order valence-corrected chi connectivity index (χ0v) is 19.3. The number of halogens is 1. The van der Waals surface area contributed by atoms with Crippen molar-refractivity contribution in [1.29, 1.82) is 0 Å². The van der Waals surface area contributed by atoms with Gasteiger partial charge >= 0.3 is 0 Å². The molecule has 1 fully saturated rings. The number of sulfone groups is 1. The maximum atomic E-state index is 13.6. The van der Waals surface area contributed by atoms with Crippen LogP contribution in [0.5, 0.6) is 0 Å². The molecule has 0 N–H and O–H groups in total. The molecule has 8 nitrogen and oxygen atoms in total. The Morgan fingerprint density at radius 2 is 1.91 bits per heavy atom. The fraction of sp³-hybridized carbons (Fsp3) is 0.292. The monoisotopic (exact) mass is 479 g/mol. The molecule has 34 heavy (non-hydrogen) atoms. The number of furan rings is 1. The van der Waals surface area contributed by atoms with Crippen LogP contribution in [0.2, 0.25) is 0 Å². The number of aromatic nitrogens is 4. The second-order valence-electron chi connectivity index (χ2n) is 8.90. The van der Waals surface area contributed by atoms with E-state index in [0.29, 0.717) is 28.2 Å². The second kappa shape index (κ2) is 7.85. The molecule has 174 valence electrons. The summed E-state index contributed by atoms with van der Waals surface area (Å²) in [7, 11) is -0.945. The van der Waals surface area contributed by atoms with Crippen molar-refractivity contribution in [3.63, 3.8) is 0 Å². The molecular weight excluding hydrogens is 457 g/mol. The van der Waals surface area contributed by atoms with Crippen molar-refractivity contribution in [3.05, 3.63) is 60.5 Å². The first kappa shape index (κ1) is 21.2. The van der Waals surface area contributed by atoms with Crippen molar-refractivity contribution in [3.8, 4) is 22.5 Å². The van der Waals surface area contributed by atoms with Gasteiger partial charge in [0.25, 0.3) is 0 Å². The molecule has 1 aromatic carbocycles. The molecule has 0 bridgehead atoms. The number of fused-ring (bicyclic) bond motifs is 1. The quantitative estimate of drug-likeness (QED) is 0.442. The van der Waals surface area contributed by atoms with Crippen LogP contribution in [0.1, 0.15) is 18.2 Å². The predicted molar refractivity (Wildman–Crippen MR) is 126 cm³/mol. The molecule has 2 aliphatic rings. The maximum absolute atomic E-state index is 13.6. The summed E-state index contributed by atoms with van der Waals surface area (Å²) >= 11 is 0. The van der Waals surface area contributed by atoms with E-state index in [9.17, 15) is 12.8 Å². The van der Waals surface area contributed by atoms with Crippen LogP contribution in [0, 0.1) is 5.82 Å². The Morgan fingerprint density at radius 3 is 2.62 bits per heavy atom. The summed E-state index contributed by atoms with van der Waals surface area (Å²) < 4.78 is 44.9. The summed E-state index contributed by atoms with van der Waals surface area (Å²) in [5, 5.41) is 5.46. The lowest BCUT2D eigenvalue weighted by molar-refractivity contribution is 0.368. The maximum Gasteiger partial charge on any atom is 0.230 e. The number of likely N-dealkylation sites (N-methyl/N-ethyl adjacent to an activating group) is 1.